The zero-order valence-electron chi connectivity index (χ0n) is 14.9. The lowest BCUT2D eigenvalue weighted by molar-refractivity contribution is 0.00605. The molecule has 0 aromatic heterocycles. The minimum absolute atomic E-state index is 0.629. The topological polar surface area (TPSA) is 66.8 Å². The monoisotopic (exact) mass is 336 g/mol. The maximum absolute atomic E-state index is 11.4. The maximum Gasteiger partial charge on any atom is 0.470 e. The smallest absolute Gasteiger partial charge is 0.303 e. The van der Waals surface area contributed by atoms with Crippen molar-refractivity contribution in [1.82, 2.24) is 0 Å². The molecule has 0 aliphatic heterocycles. The summed E-state index contributed by atoms with van der Waals surface area (Å²) >= 11 is 0. The van der Waals surface area contributed by atoms with Crippen LogP contribution in [0, 0.1) is 0 Å². The molecule has 0 heterocycles. The van der Waals surface area contributed by atoms with Crippen LogP contribution < -0.4 is 0 Å². The first-order chi connectivity index (χ1) is 10.4. The molecule has 0 atom stereocenters. The van der Waals surface area contributed by atoms with E-state index >= 15 is 0 Å². The number of phosphoric ester groups is 1. The van der Waals surface area contributed by atoms with Crippen molar-refractivity contribution in [3.8, 4) is 0 Å². The van der Waals surface area contributed by atoms with Gasteiger partial charge < -0.3 is 9.79 Å². The van der Waals surface area contributed by atoms with Gasteiger partial charge in [-0.05, 0) is 19.3 Å². The van der Waals surface area contributed by atoms with Gasteiger partial charge in [0.15, 0.2) is 0 Å². The fourth-order valence-corrected chi connectivity index (χ4v) is 3.77. The summed E-state index contributed by atoms with van der Waals surface area (Å²) in [7, 11) is -4.43. The second-order valence-corrected chi connectivity index (χ2v) is 7.65. The molecule has 0 radical (unpaired) electrons. The minimum atomic E-state index is -4.43. The molecule has 0 aliphatic carbocycles. The average Bonchev–Trinajstić information content (AvgIpc) is 2.45. The fraction of sp³-hybridized carbons (Fsp3) is 1.00. The first-order valence-corrected chi connectivity index (χ1v) is 10.7. The van der Waals surface area contributed by atoms with E-state index in [2.05, 4.69) is 20.8 Å². The van der Waals surface area contributed by atoms with E-state index < -0.39 is 13.4 Å². The lowest BCUT2D eigenvalue weighted by atomic mass is 9.86. The third-order valence-electron chi connectivity index (χ3n) is 4.27. The molecule has 0 aliphatic rings. The lowest BCUT2D eigenvalue weighted by Gasteiger charge is -2.34. The molecule has 0 aromatic carbocycles. The van der Waals surface area contributed by atoms with Crippen LogP contribution >= 0.6 is 7.82 Å². The van der Waals surface area contributed by atoms with Gasteiger partial charge in [0.1, 0.15) is 0 Å². The third-order valence-corrected chi connectivity index (χ3v) is 4.90. The Balaban J connectivity index is 4.58. The van der Waals surface area contributed by atoms with E-state index in [0.29, 0.717) is 0 Å². The molecular weight excluding hydrogens is 299 g/mol. The molecule has 0 saturated carbocycles. The summed E-state index contributed by atoms with van der Waals surface area (Å²) in [5, 5.41) is 0. The third kappa shape index (κ3) is 11.6. The van der Waals surface area contributed by atoms with Crippen LogP contribution in [0.3, 0.4) is 0 Å². The van der Waals surface area contributed by atoms with Crippen molar-refractivity contribution in [3.63, 3.8) is 0 Å². The van der Waals surface area contributed by atoms with Crippen molar-refractivity contribution in [2.75, 3.05) is 0 Å². The van der Waals surface area contributed by atoms with Gasteiger partial charge in [0.25, 0.3) is 0 Å². The van der Waals surface area contributed by atoms with Gasteiger partial charge in [-0.15, -0.1) is 0 Å². The quantitative estimate of drug-likeness (QED) is 0.286. The highest BCUT2D eigenvalue weighted by Crippen LogP contribution is 2.47. The van der Waals surface area contributed by atoms with E-state index in [1.165, 1.54) is 25.7 Å². The molecule has 0 unspecified atom stereocenters. The van der Waals surface area contributed by atoms with Crippen LogP contribution in [0.1, 0.15) is 104 Å². The SMILES string of the molecule is CCCCCCCCC(CCCC)(CCCC)OP(=O)(O)O. The maximum atomic E-state index is 11.4. The van der Waals surface area contributed by atoms with Crippen molar-refractivity contribution in [1.29, 1.82) is 0 Å². The van der Waals surface area contributed by atoms with E-state index in [1.807, 2.05) is 0 Å². The van der Waals surface area contributed by atoms with Gasteiger partial charge >= 0.3 is 7.82 Å². The average molecular weight is 336 g/mol. The summed E-state index contributed by atoms with van der Waals surface area (Å²) in [6, 6.07) is 0. The highest BCUT2D eigenvalue weighted by molar-refractivity contribution is 7.46. The molecule has 0 fully saturated rings. The van der Waals surface area contributed by atoms with Gasteiger partial charge in [-0.3, -0.25) is 4.52 Å². The van der Waals surface area contributed by atoms with Crippen molar-refractivity contribution in [3.05, 3.63) is 0 Å². The van der Waals surface area contributed by atoms with Gasteiger partial charge in [0.05, 0.1) is 5.60 Å². The number of phosphoric acid groups is 1. The van der Waals surface area contributed by atoms with E-state index in [1.54, 1.807) is 0 Å². The Kier molecular flexibility index (Phi) is 12.6. The Bertz CT molecular complexity index is 293. The van der Waals surface area contributed by atoms with Gasteiger partial charge in [0, 0.05) is 0 Å². The highest BCUT2D eigenvalue weighted by Gasteiger charge is 2.36. The molecule has 0 bridgehead atoms. The molecule has 0 rings (SSSR count). The van der Waals surface area contributed by atoms with Gasteiger partial charge in [-0.2, -0.15) is 0 Å². The molecule has 0 amide bonds. The molecule has 22 heavy (non-hydrogen) atoms. The van der Waals surface area contributed by atoms with Crippen molar-refractivity contribution < 1.29 is 18.9 Å². The van der Waals surface area contributed by atoms with Crippen LogP contribution in [0.25, 0.3) is 0 Å². The Morgan fingerprint density at radius 2 is 1.14 bits per heavy atom. The first-order valence-electron chi connectivity index (χ1n) is 9.15. The summed E-state index contributed by atoms with van der Waals surface area (Å²) < 4.78 is 16.7. The van der Waals surface area contributed by atoms with Crippen molar-refractivity contribution >= 4 is 7.82 Å². The molecular formula is C17H37O4P. The Morgan fingerprint density at radius 1 is 0.727 bits per heavy atom. The van der Waals surface area contributed by atoms with E-state index in [0.717, 1.165) is 57.8 Å². The van der Waals surface area contributed by atoms with Crippen molar-refractivity contribution in [2.45, 2.75) is 110 Å². The second-order valence-electron chi connectivity index (χ2n) is 6.49. The standard InChI is InChI=1S/C17H37O4P/c1-4-7-10-11-12-13-16-17(14-8-5-2,15-9-6-3)21-22(18,19)20/h4-16H2,1-3H3,(H2,18,19,20). The molecule has 0 spiro atoms. The van der Waals surface area contributed by atoms with Crippen LogP contribution in [0.5, 0.6) is 0 Å². The summed E-state index contributed by atoms with van der Waals surface area (Å²) in [5.41, 5.74) is -0.629. The Hall–Kier alpha value is 0.110. The molecule has 2 N–H and O–H groups in total. The van der Waals surface area contributed by atoms with Gasteiger partial charge in [-0.1, -0.05) is 85.0 Å². The minimum Gasteiger partial charge on any atom is -0.303 e. The summed E-state index contributed by atoms with van der Waals surface area (Å²) in [6.07, 6.45) is 13.3. The molecule has 0 saturated heterocycles. The van der Waals surface area contributed by atoms with Crippen LogP contribution in [-0.2, 0) is 9.09 Å². The summed E-state index contributed by atoms with van der Waals surface area (Å²) in [6.45, 7) is 6.41. The van der Waals surface area contributed by atoms with Crippen LogP contribution in [0.2, 0.25) is 0 Å². The Labute approximate surface area is 137 Å². The zero-order chi connectivity index (χ0) is 16.9. The molecule has 0 aromatic rings. The van der Waals surface area contributed by atoms with E-state index in [-0.39, 0.29) is 0 Å². The normalized spacial score (nSPS) is 12.8. The van der Waals surface area contributed by atoms with Crippen LogP contribution in [0.15, 0.2) is 0 Å². The summed E-state index contributed by atoms with van der Waals surface area (Å²) in [4.78, 5) is 18.6. The molecule has 4 nitrogen and oxygen atoms in total. The molecule has 5 heteroatoms. The fourth-order valence-electron chi connectivity index (χ4n) is 2.99. The predicted molar refractivity (Wildman–Crippen MR) is 92.9 cm³/mol. The largest absolute Gasteiger partial charge is 0.470 e. The first kappa shape index (κ1) is 22.1. The van der Waals surface area contributed by atoms with E-state index in [9.17, 15) is 14.4 Å². The predicted octanol–water partition coefficient (Wildman–Crippen LogP) is 5.97. The summed E-state index contributed by atoms with van der Waals surface area (Å²) in [5.74, 6) is 0. The van der Waals surface area contributed by atoms with Gasteiger partial charge in [-0.25, -0.2) is 4.57 Å². The van der Waals surface area contributed by atoms with Crippen molar-refractivity contribution in [2.24, 2.45) is 0 Å². The highest BCUT2D eigenvalue weighted by atomic mass is 31.2. The molecule has 134 valence electrons. The number of unbranched alkanes of at least 4 members (excludes halogenated alkanes) is 7. The van der Waals surface area contributed by atoms with Crippen LogP contribution in [0.4, 0.5) is 0 Å². The van der Waals surface area contributed by atoms with Crippen LogP contribution in [-0.4, -0.2) is 15.4 Å². The lowest BCUT2D eigenvalue weighted by Crippen LogP contribution is -2.32. The number of rotatable bonds is 15. The zero-order valence-corrected chi connectivity index (χ0v) is 15.7. The Morgan fingerprint density at radius 3 is 1.59 bits per heavy atom. The number of hydrogen-bond acceptors (Lipinski definition) is 2. The van der Waals surface area contributed by atoms with E-state index in [4.69, 9.17) is 4.52 Å². The number of hydrogen-bond donors (Lipinski definition) is 2. The second kappa shape index (κ2) is 12.5. The van der Waals surface area contributed by atoms with Gasteiger partial charge in [0.2, 0.25) is 0 Å².